The summed E-state index contributed by atoms with van der Waals surface area (Å²) < 4.78 is 23.8. The van der Waals surface area contributed by atoms with E-state index in [-0.39, 0.29) is 4.65 Å². The van der Waals surface area contributed by atoms with Gasteiger partial charge in [-0.1, -0.05) is 0 Å². The van der Waals surface area contributed by atoms with Gasteiger partial charge in [0, 0.05) is 0 Å². The van der Waals surface area contributed by atoms with Crippen LogP contribution >= 0.6 is 0 Å². The average Bonchev–Trinajstić information content (AvgIpc) is 1.81. The van der Waals surface area contributed by atoms with E-state index in [1.165, 1.54) is 0 Å². The Morgan fingerprint density at radius 1 is 1.20 bits per heavy atom. The van der Waals surface area contributed by atoms with Crippen LogP contribution in [0.1, 0.15) is 0 Å². The molecule has 0 fully saturated rings. The monoisotopic (exact) mass is 154 g/mol. The number of alkyl halides is 2. The average molecular weight is 154 g/mol. The normalized spacial score (nSPS) is 12.6. The lowest BCUT2D eigenvalue weighted by Crippen LogP contribution is -2.40. The number of hydrogen-bond donors (Lipinski definition) is 0. The van der Waals surface area contributed by atoms with Crippen molar-refractivity contribution in [2.75, 3.05) is 34.5 Å². The molecule has 2 nitrogen and oxygen atoms in total. The van der Waals surface area contributed by atoms with E-state index in [1.54, 1.807) is 21.1 Å². The molecule has 62 valence electrons. The van der Waals surface area contributed by atoms with Gasteiger partial charge in [-0.3, -0.25) is 0 Å². The Morgan fingerprint density at radius 2 is 1.60 bits per heavy atom. The highest BCUT2D eigenvalue weighted by atomic mass is 19.1. The Balaban J connectivity index is 3.63. The van der Waals surface area contributed by atoms with Crippen molar-refractivity contribution in [2.24, 2.45) is 0 Å². The molecule has 0 aromatic heterocycles. The van der Waals surface area contributed by atoms with Gasteiger partial charge in [0.1, 0.15) is 13.3 Å². The van der Waals surface area contributed by atoms with Crippen LogP contribution in [0.5, 0.6) is 0 Å². The van der Waals surface area contributed by atoms with Crippen LogP contribution in [0.2, 0.25) is 0 Å². The molecule has 0 bridgehead atoms. The van der Waals surface area contributed by atoms with E-state index in [2.05, 4.69) is 0 Å². The second kappa shape index (κ2) is 3.83. The summed E-state index contributed by atoms with van der Waals surface area (Å²) >= 11 is 0. The third-order valence-electron chi connectivity index (χ3n) is 0.810. The van der Waals surface area contributed by atoms with Gasteiger partial charge in [-0.15, -0.1) is 0 Å². The molecule has 0 rings (SSSR count). The van der Waals surface area contributed by atoms with Gasteiger partial charge in [-0.25, -0.2) is 8.78 Å². The minimum atomic E-state index is -0.917. The first-order chi connectivity index (χ1) is 4.49. The van der Waals surface area contributed by atoms with Gasteiger partial charge in [0.15, 0.2) is 6.10 Å². The van der Waals surface area contributed by atoms with Crippen LogP contribution in [0.15, 0.2) is 0 Å². The smallest absolute Gasteiger partial charge is 0.173 e. The van der Waals surface area contributed by atoms with Gasteiger partial charge in [0.25, 0.3) is 0 Å². The first-order valence-electron chi connectivity index (χ1n) is 3.11. The summed E-state index contributed by atoms with van der Waals surface area (Å²) in [5.41, 5.74) is 0. The molecule has 0 aromatic rings. The summed E-state index contributed by atoms with van der Waals surface area (Å²) in [6, 6.07) is 0. The zero-order chi connectivity index (χ0) is 8.20. The standard InChI is InChI=1S/C6H14F2NO/c1-9(2,3)10-6(4-7)5-8/h6H,4-5H2,1-3H3/q+1. The van der Waals surface area contributed by atoms with Crippen LogP contribution in [-0.2, 0) is 4.84 Å². The Morgan fingerprint density at radius 3 is 1.70 bits per heavy atom. The van der Waals surface area contributed by atoms with Crippen molar-refractivity contribution in [3.63, 3.8) is 0 Å². The summed E-state index contributed by atoms with van der Waals surface area (Å²) in [6.07, 6.45) is -0.917. The molecule has 0 radical (unpaired) electrons. The molecule has 0 aromatic carbocycles. The molecule has 0 spiro atoms. The van der Waals surface area contributed by atoms with Gasteiger partial charge in [0.2, 0.25) is 0 Å². The molecule has 0 saturated carbocycles. The molecule has 4 heteroatoms. The first kappa shape index (κ1) is 9.78. The number of hydroxylamine groups is 3. The van der Waals surface area contributed by atoms with Crippen molar-refractivity contribution >= 4 is 0 Å². The van der Waals surface area contributed by atoms with Crippen LogP contribution in [0.3, 0.4) is 0 Å². The Hall–Kier alpha value is -0.220. The van der Waals surface area contributed by atoms with E-state index >= 15 is 0 Å². The van der Waals surface area contributed by atoms with Crippen molar-refractivity contribution in [2.45, 2.75) is 6.10 Å². The molecule has 10 heavy (non-hydrogen) atoms. The predicted octanol–water partition coefficient (Wildman–Crippen LogP) is 0.932. The summed E-state index contributed by atoms with van der Waals surface area (Å²) in [5, 5.41) is 0. The van der Waals surface area contributed by atoms with E-state index in [9.17, 15) is 8.78 Å². The third-order valence-corrected chi connectivity index (χ3v) is 0.810. The van der Waals surface area contributed by atoms with E-state index in [4.69, 9.17) is 4.84 Å². The van der Waals surface area contributed by atoms with Gasteiger partial charge < -0.3 is 0 Å². The summed E-state index contributed by atoms with van der Waals surface area (Å²) in [7, 11) is 5.12. The predicted molar refractivity (Wildman–Crippen MR) is 34.9 cm³/mol. The number of nitrogens with zero attached hydrogens (tertiary/aromatic N) is 1. The summed E-state index contributed by atoms with van der Waals surface area (Å²) in [5.74, 6) is 0. The summed E-state index contributed by atoms with van der Waals surface area (Å²) in [6.45, 7) is -1.54. The fourth-order valence-corrected chi connectivity index (χ4v) is 0.545. The van der Waals surface area contributed by atoms with Gasteiger partial charge in [-0.2, -0.15) is 9.48 Å². The van der Waals surface area contributed by atoms with E-state index in [0.29, 0.717) is 0 Å². The molecular formula is C6H14F2NO+. The fourth-order valence-electron chi connectivity index (χ4n) is 0.545. The molecular weight excluding hydrogens is 140 g/mol. The maximum atomic E-state index is 11.8. The molecule has 0 saturated heterocycles. The Bertz CT molecular complexity index is 88.2. The van der Waals surface area contributed by atoms with Crippen molar-refractivity contribution < 1.29 is 18.3 Å². The highest BCUT2D eigenvalue weighted by Crippen LogP contribution is 2.01. The highest BCUT2D eigenvalue weighted by molar-refractivity contribution is 4.48. The van der Waals surface area contributed by atoms with Crippen LogP contribution in [0, 0.1) is 0 Å². The van der Waals surface area contributed by atoms with Crippen LogP contribution in [0.25, 0.3) is 0 Å². The molecule has 0 unspecified atom stereocenters. The molecule has 0 heterocycles. The number of hydrogen-bond acceptors (Lipinski definition) is 1. The lowest BCUT2D eigenvalue weighted by Gasteiger charge is -2.24. The van der Waals surface area contributed by atoms with Gasteiger partial charge in [0.05, 0.1) is 21.1 Å². The number of quaternary nitrogens is 1. The lowest BCUT2D eigenvalue weighted by atomic mass is 10.4. The van der Waals surface area contributed by atoms with Crippen molar-refractivity contribution in [1.29, 1.82) is 0 Å². The van der Waals surface area contributed by atoms with Gasteiger partial charge in [-0.05, 0) is 0 Å². The minimum Gasteiger partial charge on any atom is -0.248 e. The van der Waals surface area contributed by atoms with Crippen LogP contribution in [0.4, 0.5) is 8.78 Å². The zero-order valence-electron chi connectivity index (χ0n) is 6.60. The zero-order valence-corrected chi connectivity index (χ0v) is 6.60. The maximum Gasteiger partial charge on any atom is 0.173 e. The number of rotatable bonds is 4. The third kappa shape index (κ3) is 4.64. The Labute approximate surface area is 59.9 Å². The van der Waals surface area contributed by atoms with Crippen LogP contribution in [-0.4, -0.2) is 45.2 Å². The Kier molecular flexibility index (Phi) is 3.75. The second-order valence-electron chi connectivity index (χ2n) is 2.93. The van der Waals surface area contributed by atoms with Gasteiger partial charge >= 0.3 is 0 Å². The second-order valence-corrected chi connectivity index (χ2v) is 2.93. The molecule has 0 atom stereocenters. The van der Waals surface area contributed by atoms with Crippen LogP contribution < -0.4 is 0 Å². The topological polar surface area (TPSA) is 9.23 Å². The first-order valence-corrected chi connectivity index (χ1v) is 3.11. The van der Waals surface area contributed by atoms with Crippen molar-refractivity contribution in [3.8, 4) is 0 Å². The van der Waals surface area contributed by atoms with Crippen molar-refractivity contribution in [3.05, 3.63) is 0 Å². The minimum absolute atomic E-state index is 0.124. The van der Waals surface area contributed by atoms with Crippen molar-refractivity contribution in [1.82, 2.24) is 0 Å². The van der Waals surface area contributed by atoms with E-state index in [0.717, 1.165) is 0 Å². The molecule has 0 aliphatic rings. The fraction of sp³-hybridized carbons (Fsp3) is 1.00. The summed E-state index contributed by atoms with van der Waals surface area (Å²) in [4.78, 5) is 4.92. The van der Waals surface area contributed by atoms with E-state index in [1.807, 2.05) is 0 Å². The SMILES string of the molecule is C[N+](C)(C)OC(CF)CF. The largest absolute Gasteiger partial charge is 0.248 e. The molecule has 0 aliphatic heterocycles. The lowest BCUT2D eigenvalue weighted by molar-refractivity contribution is -1.07. The number of halogens is 2. The molecule has 0 amide bonds. The quantitative estimate of drug-likeness (QED) is 0.432. The molecule has 0 aliphatic carbocycles. The highest BCUT2D eigenvalue weighted by Gasteiger charge is 2.18. The molecule has 0 N–H and O–H groups in total. The van der Waals surface area contributed by atoms with E-state index < -0.39 is 19.5 Å². The maximum absolute atomic E-state index is 11.8.